The van der Waals surface area contributed by atoms with Crippen LogP contribution < -0.4 is 15.0 Å². The summed E-state index contributed by atoms with van der Waals surface area (Å²) in [6.45, 7) is 2.26. The van der Waals surface area contributed by atoms with Crippen LogP contribution in [0, 0.1) is 11.3 Å². The number of hydrogen-bond acceptors (Lipinski definition) is 11. The van der Waals surface area contributed by atoms with Crippen LogP contribution in [0.1, 0.15) is 12.0 Å². The molecule has 3 aromatic rings. The molecule has 2 aliphatic rings. The number of nitrogens with one attached hydrogen (secondary N) is 1. The standard InChI is InChI=1S/C28H30FN7O5/c29-22-15-36(27(39)23(38)16-37)8-7-25(22)41-24-6-1-18(13-19(24)14-30)26-31-17-32-28(34-26)33-20-2-4-21(5-3-20)35-9-11-40-12-10-35/h1-6,13,17,22-23,25,37-38H,7-12,15-16H2,(H,31,32,33,34)/t22-,23-,25-/m0/s1. The third kappa shape index (κ3) is 6.68. The van der Waals surface area contributed by atoms with Gasteiger partial charge >= 0.3 is 0 Å². The van der Waals surface area contributed by atoms with Gasteiger partial charge in [-0.15, -0.1) is 0 Å². The van der Waals surface area contributed by atoms with Crippen LogP contribution in [0.4, 0.5) is 21.7 Å². The first kappa shape index (κ1) is 28.2. The highest BCUT2D eigenvalue weighted by atomic mass is 19.1. The van der Waals surface area contributed by atoms with Gasteiger partial charge in [0.05, 0.1) is 31.9 Å². The smallest absolute Gasteiger partial charge is 0.253 e. The van der Waals surface area contributed by atoms with E-state index in [-0.39, 0.29) is 30.8 Å². The van der Waals surface area contributed by atoms with Gasteiger partial charge in [0.25, 0.3) is 5.91 Å². The molecule has 12 nitrogen and oxygen atoms in total. The number of carbonyl (C=O) groups is 1. The molecule has 2 aromatic carbocycles. The van der Waals surface area contributed by atoms with Crippen molar-refractivity contribution >= 4 is 23.2 Å². The summed E-state index contributed by atoms with van der Waals surface area (Å²) < 4.78 is 26.1. The predicted molar refractivity (Wildman–Crippen MR) is 146 cm³/mol. The minimum atomic E-state index is -1.58. The SMILES string of the molecule is N#Cc1cc(-c2ncnc(Nc3ccc(N4CCOCC4)cc3)n2)ccc1O[C@H]1CCN(C(=O)[C@@H](O)CO)C[C@@H]1F. The van der Waals surface area contributed by atoms with Crippen LogP contribution in [0.5, 0.6) is 5.75 Å². The van der Waals surface area contributed by atoms with Crippen molar-refractivity contribution < 1.29 is 28.9 Å². The van der Waals surface area contributed by atoms with E-state index in [1.807, 2.05) is 24.3 Å². The largest absolute Gasteiger partial charge is 0.486 e. The van der Waals surface area contributed by atoms with E-state index in [9.17, 15) is 19.6 Å². The zero-order chi connectivity index (χ0) is 28.8. The summed E-state index contributed by atoms with van der Waals surface area (Å²) in [5.41, 5.74) is 2.65. The van der Waals surface area contributed by atoms with Gasteiger partial charge in [-0.05, 0) is 42.5 Å². The van der Waals surface area contributed by atoms with Crippen LogP contribution >= 0.6 is 0 Å². The number of aliphatic hydroxyl groups is 2. The number of benzene rings is 2. The number of alkyl halides is 1. The molecule has 0 saturated carbocycles. The maximum absolute atomic E-state index is 14.8. The third-order valence-corrected chi connectivity index (χ3v) is 6.96. The average Bonchev–Trinajstić information content (AvgIpc) is 3.02. The second-order valence-corrected chi connectivity index (χ2v) is 9.67. The van der Waals surface area contributed by atoms with Crippen molar-refractivity contribution in [2.45, 2.75) is 24.8 Å². The lowest BCUT2D eigenvalue weighted by molar-refractivity contribution is -0.146. The number of anilines is 3. The molecule has 2 aliphatic heterocycles. The Kier molecular flexibility index (Phi) is 8.83. The van der Waals surface area contributed by atoms with Crippen molar-refractivity contribution in [2.24, 2.45) is 0 Å². The fraction of sp³-hybridized carbons (Fsp3) is 0.393. The van der Waals surface area contributed by atoms with Crippen LogP contribution in [0.2, 0.25) is 0 Å². The molecule has 0 bridgehead atoms. The quantitative estimate of drug-likeness (QED) is 0.366. The number of likely N-dealkylation sites (tertiary alicyclic amines) is 1. The van der Waals surface area contributed by atoms with Gasteiger partial charge in [0.15, 0.2) is 18.1 Å². The average molecular weight is 564 g/mol. The summed E-state index contributed by atoms with van der Waals surface area (Å²) in [4.78, 5) is 28.4. The van der Waals surface area contributed by atoms with Gasteiger partial charge in [-0.3, -0.25) is 4.79 Å². The van der Waals surface area contributed by atoms with Crippen molar-refractivity contribution in [1.29, 1.82) is 5.26 Å². The minimum Gasteiger partial charge on any atom is -0.486 e. The Hall–Kier alpha value is -4.38. The molecule has 0 radical (unpaired) electrons. The van der Waals surface area contributed by atoms with Crippen LogP contribution in [0.25, 0.3) is 11.4 Å². The first-order valence-electron chi connectivity index (χ1n) is 13.3. The molecular formula is C28H30FN7O5. The molecule has 2 fully saturated rings. The van der Waals surface area contributed by atoms with Crippen LogP contribution in [0.3, 0.4) is 0 Å². The number of ether oxygens (including phenoxy) is 2. The second kappa shape index (κ2) is 12.9. The van der Waals surface area contributed by atoms with Crippen molar-refractivity contribution in [3.63, 3.8) is 0 Å². The Labute approximate surface area is 236 Å². The van der Waals surface area contributed by atoms with Crippen LogP contribution in [0.15, 0.2) is 48.8 Å². The normalized spacial score (nSPS) is 19.8. The topological polar surface area (TPSA) is 157 Å². The van der Waals surface area contributed by atoms with E-state index < -0.39 is 30.9 Å². The molecule has 3 heterocycles. The molecule has 0 spiro atoms. The lowest BCUT2D eigenvalue weighted by Crippen LogP contribution is -2.52. The van der Waals surface area contributed by atoms with E-state index in [0.29, 0.717) is 30.5 Å². The lowest BCUT2D eigenvalue weighted by atomic mass is 10.0. The number of nitriles is 1. The second-order valence-electron chi connectivity index (χ2n) is 9.67. The number of piperidine rings is 1. The highest BCUT2D eigenvalue weighted by molar-refractivity contribution is 5.81. The Bertz CT molecular complexity index is 1400. The fourth-order valence-corrected chi connectivity index (χ4v) is 4.73. The summed E-state index contributed by atoms with van der Waals surface area (Å²) >= 11 is 0. The van der Waals surface area contributed by atoms with Crippen molar-refractivity contribution in [3.8, 4) is 23.2 Å². The Morgan fingerprint density at radius 2 is 1.98 bits per heavy atom. The van der Waals surface area contributed by atoms with Crippen molar-refractivity contribution in [3.05, 3.63) is 54.4 Å². The lowest BCUT2D eigenvalue weighted by Gasteiger charge is -2.35. The monoisotopic (exact) mass is 563 g/mol. The molecule has 0 unspecified atom stereocenters. The van der Waals surface area contributed by atoms with E-state index in [2.05, 4.69) is 31.2 Å². The number of amides is 1. The highest BCUT2D eigenvalue weighted by Gasteiger charge is 2.35. The molecule has 2 saturated heterocycles. The van der Waals surface area contributed by atoms with E-state index >= 15 is 0 Å². The molecule has 1 amide bonds. The van der Waals surface area contributed by atoms with E-state index in [1.165, 1.54) is 6.33 Å². The first-order chi connectivity index (χ1) is 19.9. The van der Waals surface area contributed by atoms with Gasteiger partial charge in [-0.1, -0.05) is 0 Å². The first-order valence-corrected chi connectivity index (χ1v) is 13.3. The Morgan fingerprint density at radius 1 is 1.20 bits per heavy atom. The van der Waals surface area contributed by atoms with Crippen molar-refractivity contribution in [2.75, 3.05) is 56.2 Å². The fourth-order valence-electron chi connectivity index (χ4n) is 4.73. The minimum absolute atomic E-state index is 0.150. The van der Waals surface area contributed by atoms with Gasteiger partial charge in [0.2, 0.25) is 5.95 Å². The highest BCUT2D eigenvalue weighted by Crippen LogP contribution is 2.29. The Morgan fingerprint density at radius 3 is 2.68 bits per heavy atom. The number of nitrogens with zero attached hydrogens (tertiary/aromatic N) is 6. The number of aliphatic hydroxyl groups excluding tert-OH is 2. The summed E-state index contributed by atoms with van der Waals surface area (Å²) in [6.07, 6.45) is -2.46. The van der Waals surface area contributed by atoms with Gasteiger partial charge in [-0.2, -0.15) is 10.2 Å². The molecule has 1 aromatic heterocycles. The maximum Gasteiger partial charge on any atom is 0.253 e. The molecule has 5 rings (SSSR count). The molecule has 3 atom stereocenters. The zero-order valence-electron chi connectivity index (χ0n) is 22.2. The summed E-state index contributed by atoms with van der Waals surface area (Å²) in [5.74, 6) is 0.146. The number of carbonyl (C=O) groups excluding carboxylic acids is 1. The number of aromatic nitrogens is 3. The van der Waals surface area contributed by atoms with E-state index in [1.54, 1.807) is 18.2 Å². The van der Waals surface area contributed by atoms with Crippen LogP contribution in [-0.4, -0.2) is 100 Å². The molecule has 214 valence electrons. The van der Waals surface area contributed by atoms with E-state index in [0.717, 1.165) is 29.4 Å². The van der Waals surface area contributed by atoms with Crippen molar-refractivity contribution in [1.82, 2.24) is 19.9 Å². The number of rotatable bonds is 8. The number of halogens is 1. The zero-order valence-corrected chi connectivity index (χ0v) is 22.2. The molecule has 3 N–H and O–H groups in total. The van der Waals surface area contributed by atoms with Gasteiger partial charge in [0.1, 0.15) is 24.3 Å². The molecule has 13 heteroatoms. The Balaban J connectivity index is 1.24. The van der Waals surface area contributed by atoms with Crippen LogP contribution in [-0.2, 0) is 9.53 Å². The molecular weight excluding hydrogens is 533 g/mol. The maximum atomic E-state index is 14.8. The summed E-state index contributed by atoms with van der Waals surface area (Å²) in [5, 5.41) is 31.4. The summed E-state index contributed by atoms with van der Waals surface area (Å²) in [6, 6.07) is 14.8. The van der Waals surface area contributed by atoms with Gasteiger partial charge < -0.3 is 34.8 Å². The summed E-state index contributed by atoms with van der Waals surface area (Å²) in [7, 11) is 0. The number of hydrogen-bond donors (Lipinski definition) is 3. The van der Waals surface area contributed by atoms with E-state index in [4.69, 9.17) is 14.6 Å². The molecule has 41 heavy (non-hydrogen) atoms. The molecule has 0 aliphatic carbocycles. The predicted octanol–water partition coefficient (Wildman–Crippen LogP) is 1.66. The number of morpholine rings is 1. The third-order valence-electron chi connectivity index (χ3n) is 6.96. The van der Waals surface area contributed by atoms with Gasteiger partial charge in [0, 0.05) is 43.0 Å². The van der Waals surface area contributed by atoms with Gasteiger partial charge in [-0.25, -0.2) is 14.4 Å².